The predicted molar refractivity (Wildman–Crippen MR) is 126 cm³/mol. The number of amides is 1. The van der Waals surface area contributed by atoms with Gasteiger partial charge in [-0.15, -0.1) is 0 Å². The van der Waals surface area contributed by atoms with E-state index in [1.807, 2.05) is 54.3 Å². The molecule has 0 spiro atoms. The molecule has 6 nitrogen and oxygen atoms in total. The molecule has 0 atom stereocenters. The maximum absolute atomic E-state index is 12.7. The molecular formula is C25H28ClN3O3. The van der Waals surface area contributed by atoms with Crippen molar-refractivity contribution in [1.29, 1.82) is 0 Å². The van der Waals surface area contributed by atoms with Crippen molar-refractivity contribution in [1.82, 2.24) is 9.88 Å². The van der Waals surface area contributed by atoms with Gasteiger partial charge in [0.1, 0.15) is 5.75 Å². The smallest absolute Gasteiger partial charge is 0.223 e. The molecule has 2 aromatic carbocycles. The third kappa shape index (κ3) is 5.25. The molecule has 0 bridgehead atoms. The van der Waals surface area contributed by atoms with Crippen molar-refractivity contribution >= 4 is 23.2 Å². The zero-order valence-electron chi connectivity index (χ0n) is 18.5. The SMILES string of the molecule is CCOc1ccc(-c2cnc(CCC(=O)N3CCN(c4cc(Cl)ccc4C)CC3)o2)cc1. The summed E-state index contributed by atoms with van der Waals surface area (Å²) >= 11 is 6.16. The van der Waals surface area contributed by atoms with Crippen molar-refractivity contribution in [3.05, 3.63) is 65.1 Å². The highest BCUT2D eigenvalue weighted by Gasteiger charge is 2.22. The number of aryl methyl sites for hydroxylation is 2. The van der Waals surface area contributed by atoms with Crippen LogP contribution in [0.1, 0.15) is 24.8 Å². The molecule has 0 N–H and O–H groups in total. The second-order valence-corrected chi connectivity index (χ2v) is 8.31. The van der Waals surface area contributed by atoms with Gasteiger partial charge >= 0.3 is 0 Å². The van der Waals surface area contributed by atoms with E-state index in [2.05, 4.69) is 16.8 Å². The van der Waals surface area contributed by atoms with Gasteiger partial charge in [0.2, 0.25) is 5.91 Å². The first-order valence-electron chi connectivity index (χ1n) is 11.0. The van der Waals surface area contributed by atoms with E-state index in [1.165, 1.54) is 5.56 Å². The molecule has 0 unspecified atom stereocenters. The second kappa shape index (κ2) is 10.1. The van der Waals surface area contributed by atoms with Crippen LogP contribution in [0.3, 0.4) is 0 Å². The molecule has 1 amide bonds. The Bertz CT molecular complexity index is 1060. The molecule has 2 heterocycles. The first-order chi connectivity index (χ1) is 15.5. The lowest BCUT2D eigenvalue weighted by molar-refractivity contribution is -0.131. The van der Waals surface area contributed by atoms with E-state index in [-0.39, 0.29) is 5.91 Å². The largest absolute Gasteiger partial charge is 0.494 e. The number of anilines is 1. The van der Waals surface area contributed by atoms with Crippen LogP contribution >= 0.6 is 11.6 Å². The van der Waals surface area contributed by atoms with Crippen LogP contribution in [0.15, 0.2) is 53.1 Å². The van der Waals surface area contributed by atoms with Crippen LogP contribution in [-0.4, -0.2) is 48.6 Å². The summed E-state index contributed by atoms with van der Waals surface area (Å²) in [6, 6.07) is 13.7. The molecule has 0 aliphatic carbocycles. The van der Waals surface area contributed by atoms with E-state index in [0.717, 1.165) is 35.1 Å². The van der Waals surface area contributed by atoms with Gasteiger partial charge in [-0.2, -0.15) is 0 Å². The second-order valence-electron chi connectivity index (χ2n) is 7.87. The summed E-state index contributed by atoms with van der Waals surface area (Å²) in [7, 11) is 0. The Morgan fingerprint density at radius 3 is 2.59 bits per heavy atom. The van der Waals surface area contributed by atoms with Crippen LogP contribution in [0.5, 0.6) is 5.75 Å². The Balaban J connectivity index is 1.28. The lowest BCUT2D eigenvalue weighted by atomic mass is 10.1. The van der Waals surface area contributed by atoms with E-state index >= 15 is 0 Å². The summed E-state index contributed by atoms with van der Waals surface area (Å²) < 4.78 is 11.3. The third-order valence-electron chi connectivity index (χ3n) is 5.70. The molecule has 32 heavy (non-hydrogen) atoms. The fourth-order valence-corrected chi connectivity index (χ4v) is 4.10. The monoisotopic (exact) mass is 453 g/mol. The minimum Gasteiger partial charge on any atom is -0.494 e. The van der Waals surface area contributed by atoms with Crippen LogP contribution in [0, 0.1) is 6.92 Å². The molecule has 4 rings (SSSR count). The van der Waals surface area contributed by atoms with Crippen LogP contribution in [0.4, 0.5) is 5.69 Å². The number of hydrogen-bond donors (Lipinski definition) is 0. The average molecular weight is 454 g/mol. The fourth-order valence-electron chi connectivity index (χ4n) is 3.93. The zero-order valence-corrected chi connectivity index (χ0v) is 19.3. The van der Waals surface area contributed by atoms with Gasteiger partial charge < -0.3 is 19.0 Å². The Hall–Kier alpha value is -2.99. The highest BCUT2D eigenvalue weighted by molar-refractivity contribution is 6.30. The molecule has 1 saturated heterocycles. The number of aromatic nitrogens is 1. The highest BCUT2D eigenvalue weighted by atomic mass is 35.5. The van der Waals surface area contributed by atoms with Crippen molar-refractivity contribution in [2.24, 2.45) is 0 Å². The maximum atomic E-state index is 12.7. The molecule has 3 aromatic rings. The summed E-state index contributed by atoms with van der Waals surface area (Å²) in [4.78, 5) is 21.3. The highest BCUT2D eigenvalue weighted by Crippen LogP contribution is 2.26. The van der Waals surface area contributed by atoms with E-state index in [4.69, 9.17) is 20.8 Å². The number of piperazine rings is 1. The summed E-state index contributed by atoms with van der Waals surface area (Å²) in [5.74, 6) is 2.23. The van der Waals surface area contributed by atoms with Crippen molar-refractivity contribution < 1.29 is 13.9 Å². The molecule has 168 valence electrons. The van der Waals surface area contributed by atoms with Crippen molar-refractivity contribution in [3.63, 3.8) is 0 Å². The lowest BCUT2D eigenvalue weighted by Crippen LogP contribution is -2.49. The van der Waals surface area contributed by atoms with Crippen LogP contribution in [0.2, 0.25) is 5.02 Å². The molecular weight excluding hydrogens is 426 g/mol. The minimum atomic E-state index is 0.133. The normalized spacial score (nSPS) is 14.0. The van der Waals surface area contributed by atoms with Crippen LogP contribution in [0.25, 0.3) is 11.3 Å². The van der Waals surface area contributed by atoms with Gasteiger partial charge in [0.25, 0.3) is 0 Å². The van der Waals surface area contributed by atoms with Gasteiger partial charge in [0.05, 0.1) is 12.8 Å². The fraction of sp³-hybridized carbons (Fsp3) is 0.360. The van der Waals surface area contributed by atoms with Gasteiger partial charge in [-0.05, 0) is 55.8 Å². The Morgan fingerprint density at radius 2 is 1.88 bits per heavy atom. The lowest BCUT2D eigenvalue weighted by Gasteiger charge is -2.37. The number of carbonyl (C=O) groups excluding carboxylic acids is 1. The van der Waals surface area contributed by atoms with E-state index in [1.54, 1.807) is 6.20 Å². The Labute approximate surface area is 193 Å². The van der Waals surface area contributed by atoms with Crippen molar-refractivity contribution in [3.8, 4) is 17.1 Å². The number of benzene rings is 2. The summed E-state index contributed by atoms with van der Waals surface area (Å²) in [6.07, 6.45) is 2.59. The maximum Gasteiger partial charge on any atom is 0.223 e. The first-order valence-corrected chi connectivity index (χ1v) is 11.4. The summed E-state index contributed by atoms with van der Waals surface area (Å²) in [5, 5.41) is 0.736. The molecule has 1 aliphatic heterocycles. The number of carbonyl (C=O) groups is 1. The standard InChI is InChI=1S/C25H28ClN3O3/c1-3-31-21-8-5-19(6-9-21)23-17-27-24(32-23)10-11-25(30)29-14-12-28(13-15-29)22-16-20(26)7-4-18(22)2/h4-9,16-17H,3,10-15H2,1-2H3. The quantitative estimate of drug-likeness (QED) is 0.504. The number of ether oxygens (including phenoxy) is 1. The Morgan fingerprint density at radius 1 is 1.12 bits per heavy atom. The molecule has 0 radical (unpaired) electrons. The third-order valence-corrected chi connectivity index (χ3v) is 5.94. The number of rotatable bonds is 7. The Kier molecular flexibility index (Phi) is 7.00. The number of nitrogens with zero attached hydrogens (tertiary/aromatic N) is 3. The van der Waals surface area contributed by atoms with Crippen LogP contribution < -0.4 is 9.64 Å². The van der Waals surface area contributed by atoms with E-state index < -0.39 is 0 Å². The van der Waals surface area contributed by atoms with Crippen molar-refractivity contribution in [2.45, 2.75) is 26.7 Å². The zero-order chi connectivity index (χ0) is 22.5. The minimum absolute atomic E-state index is 0.133. The molecule has 0 saturated carbocycles. The molecule has 7 heteroatoms. The van der Waals surface area contributed by atoms with Crippen LogP contribution in [-0.2, 0) is 11.2 Å². The number of oxazole rings is 1. The molecule has 1 fully saturated rings. The summed E-state index contributed by atoms with van der Waals surface area (Å²) in [6.45, 7) is 7.68. The topological polar surface area (TPSA) is 58.8 Å². The summed E-state index contributed by atoms with van der Waals surface area (Å²) in [5.41, 5.74) is 3.28. The number of halogens is 1. The predicted octanol–water partition coefficient (Wildman–Crippen LogP) is 4.98. The van der Waals surface area contributed by atoms with Gasteiger partial charge in [-0.3, -0.25) is 4.79 Å². The van der Waals surface area contributed by atoms with Gasteiger partial charge in [0.15, 0.2) is 11.7 Å². The molecule has 1 aliphatic rings. The van der Waals surface area contributed by atoms with Gasteiger partial charge in [-0.1, -0.05) is 17.7 Å². The van der Waals surface area contributed by atoms with E-state index in [9.17, 15) is 4.79 Å². The van der Waals surface area contributed by atoms with Crippen molar-refractivity contribution in [2.75, 3.05) is 37.7 Å². The first kappa shape index (κ1) is 22.2. The van der Waals surface area contributed by atoms with Gasteiger partial charge in [0, 0.05) is 55.3 Å². The number of hydrogen-bond acceptors (Lipinski definition) is 5. The average Bonchev–Trinajstić information content (AvgIpc) is 3.29. The van der Waals surface area contributed by atoms with Gasteiger partial charge in [-0.25, -0.2) is 4.98 Å². The molecule has 1 aromatic heterocycles. The van der Waals surface area contributed by atoms with E-state index in [0.29, 0.717) is 44.2 Å².